The van der Waals surface area contributed by atoms with Crippen molar-refractivity contribution in [3.8, 4) is 17.3 Å². The van der Waals surface area contributed by atoms with E-state index in [1.807, 2.05) is 24.3 Å². The zero-order chi connectivity index (χ0) is 19.4. The van der Waals surface area contributed by atoms with Crippen LogP contribution in [0.25, 0.3) is 17.0 Å². The van der Waals surface area contributed by atoms with Crippen LogP contribution in [-0.2, 0) is 4.79 Å². The monoisotopic (exact) mass is 385 g/mol. The van der Waals surface area contributed by atoms with Crippen molar-refractivity contribution in [3.05, 3.63) is 71.9 Å². The number of Topliss-reactive ketones (excluding diaryl/α,β-unsaturated/α-hetero) is 1. The van der Waals surface area contributed by atoms with E-state index in [2.05, 4.69) is 15.1 Å². The molecule has 4 aromatic rings. The maximum Gasteiger partial charge on any atom is 0.228 e. The summed E-state index contributed by atoms with van der Waals surface area (Å²) in [6, 6.07) is 7.38. The first kappa shape index (κ1) is 16.2. The van der Waals surface area contributed by atoms with Crippen molar-refractivity contribution in [1.29, 1.82) is 0 Å². The van der Waals surface area contributed by atoms with Crippen LogP contribution in [0.15, 0.2) is 65.0 Å². The molecule has 2 aliphatic rings. The number of carbonyl (C=O) groups excluding carboxylic acids is 1. The molecular formula is C21H15N5O3. The number of pyridine rings is 1. The molecule has 29 heavy (non-hydrogen) atoms. The van der Waals surface area contributed by atoms with Crippen molar-refractivity contribution in [2.24, 2.45) is 0 Å². The summed E-state index contributed by atoms with van der Waals surface area (Å²) in [6.07, 6.45) is 8.57. The van der Waals surface area contributed by atoms with Gasteiger partial charge in [0.25, 0.3) is 0 Å². The van der Waals surface area contributed by atoms with Crippen LogP contribution in [0.2, 0.25) is 0 Å². The van der Waals surface area contributed by atoms with Crippen molar-refractivity contribution in [1.82, 2.24) is 24.6 Å². The Balaban J connectivity index is 1.62. The van der Waals surface area contributed by atoms with Gasteiger partial charge in [-0.3, -0.25) is 9.78 Å². The Morgan fingerprint density at radius 1 is 1.14 bits per heavy atom. The van der Waals surface area contributed by atoms with E-state index in [4.69, 9.17) is 14.1 Å². The molecule has 8 heteroatoms. The van der Waals surface area contributed by atoms with Gasteiger partial charge in [0, 0.05) is 36.4 Å². The van der Waals surface area contributed by atoms with E-state index in [0.717, 1.165) is 12.0 Å². The summed E-state index contributed by atoms with van der Waals surface area (Å²) in [5.41, 5.74) is 2.77. The molecule has 0 fully saturated rings. The van der Waals surface area contributed by atoms with Gasteiger partial charge < -0.3 is 9.15 Å². The number of nitrogens with zero attached hydrogens (tertiary/aromatic N) is 5. The number of ketones is 1. The Kier molecular flexibility index (Phi) is 3.40. The molecule has 6 rings (SSSR count). The number of allylic oxidation sites excluding steroid dienone is 2. The number of hydrogen-bond acceptors (Lipinski definition) is 7. The van der Waals surface area contributed by atoms with E-state index < -0.39 is 5.92 Å². The van der Waals surface area contributed by atoms with Crippen molar-refractivity contribution in [2.75, 3.05) is 0 Å². The topological polar surface area (TPSA) is 95.4 Å². The first-order chi connectivity index (χ1) is 14.3. The Bertz CT molecular complexity index is 1270. The quantitative estimate of drug-likeness (QED) is 0.522. The van der Waals surface area contributed by atoms with Crippen molar-refractivity contribution in [2.45, 2.75) is 25.2 Å². The van der Waals surface area contributed by atoms with Gasteiger partial charge in [-0.15, -0.1) is 5.10 Å². The van der Waals surface area contributed by atoms with Gasteiger partial charge in [-0.05, 0) is 30.7 Å². The van der Waals surface area contributed by atoms with Crippen molar-refractivity contribution < 1.29 is 13.9 Å². The Morgan fingerprint density at radius 2 is 2.03 bits per heavy atom. The molecule has 0 radical (unpaired) electrons. The number of aromatic nitrogens is 5. The molecule has 0 aromatic carbocycles. The van der Waals surface area contributed by atoms with E-state index in [1.54, 1.807) is 29.5 Å². The Morgan fingerprint density at radius 3 is 2.86 bits per heavy atom. The lowest BCUT2D eigenvalue weighted by Gasteiger charge is -2.30. The summed E-state index contributed by atoms with van der Waals surface area (Å²) in [4.78, 5) is 26.1. The van der Waals surface area contributed by atoms with Crippen LogP contribution in [0, 0.1) is 0 Å². The summed E-state index contributed by atoms with van der Waals surface area (Å²) in [5.74, 6) is 2.01. The van der Waals surface area contributed by atoms with Crippen LogP contribution >= 0.6 is 0 Å². The average Bonchev–Trinajstić information content (AvgIpc) is 3.43. The molecule has 1 aliphatic heterocycles. The third-order valence-corrected chi connectivity index (χ3v) is 5.36. The Hall–Kier alpha value is -3.81. The second kappa shape index (κ2) is 6.10. The molecule has 0 bridgehead atoms. The number of carbonyl (C=O) groups is 1. The van der Waals surface area contributed by atoms with E-state index in [0.29, 0.717) is 52.8 Å². The summed E-state index contributed by atoms with van der Waals surface area (Å²) in [6.45, 7) is 0. The number of rotatable bonds is 2. The summed E-state index contributed by atoms with van der Waals surface area (Å²) in [7, 11) is 0. The van der Waals surface area contributed by atoms with Crippen LogP contribution in [0.5, 0.6) is 5.88 Å². The van der Waals surface area contributed by atoms with E-state index in [-0.39, 0.29) is 5.78 Å². The molecule has 0 unspecified atom stereocenters. The molecule has 1 atom stereocenters. The van der Waals surface area contributed by atoms with Gasteiger partial charge >= 0.3 is 0 Å². The molecule has 5 heterocycles. The van der Waals surface area contributed by atoms with Gasteiger partial charge in [-0.2, -0.15) is 0 Å². The molecule has 0 N–H and O–H groups in total. The third-order valence-electron chi connectivity index (χ3n) is 5.36. The second-order valence-corrected chi connectivity index (χ2v) is 7.07. The standard InChI is InChI=1S/C21H15N5O3/c27-13-3-1-4-15-16(13)17(14-5-2-10-28-14)18-20-24-19(12-6-8-22-9-7-12)25-26(20)11-23-21(18)29-15/h2,5-11,17H,1,3-4H2/t17-/m0/s1. The zero-order valence-corrected chi connectivity index (χ0v) is 15.3. The predicted octanol–water partition coefficient (Wildman–Crippen LogP) is 3.31. The zero-order valence-electron chi connectivity index (χ0n) is 15.3. The number of furan rings is 1. The Labute approximate surface area is 164 Å². The highest BCUT2D eigenvalue weighted by Crippen LogP contribution is 2.47. The van der Waals surface area contributed by atoms with Gasteiger partial charge in [0.1, 0.15) is 17.8 Å². The van der Waals surface area contributed by atoms with E-state index >= 15 is 0 Å². The molecule has 0 spiro atoms. The van der Waals surface area contributed by atoms with E-state index in [9.17, 15) is 4.79 Å². The highest BCUT2D eigenvalue weighted by atomic mass is 16.5. The van der Waals surface area contributed by atoms with Crippen LogP contribution in [0.4, 0.5) is 0 Å². The summed E-state index contributed by atoms with van der Waals surface area (Å²) < 4.78 is 13.4. The predicted molar refractivity (Wildman–Crippen MR) is 101 cm³/mol. The average molecular weight is 385 g/mol. The molecule has 1 aliphatic carbocycles. The maximum absolute atomic E-state index is 12.9. The molecule has 0 saturated heterocycles. The molecule has 8 nitrogen and oxygen atoms in total. The fraction of sp³-hybridized carbons (Fsp3) is 0.190. The minimum absolute atomic E-state index is 0.0779. The number of hydrogen-bond donors (Lipinski definition) is 0. The van der Waals surface area contributed by atoms with Gasteiger partial charge in [-0.1, -0.05) is 0 Å². The fourth-order valence-corrected chi connectivity index (χ4v) is 4.08. The third kappa shape index (κ3) is 2.42. The molecule has 4 aromatic heterocycles. The van der Waals surface area contributed by atoms with Crippen molar-refractivity contribution >= 4 is 11.4 Å². The second-order valence-electron chi connectivity index (χ2n) is 7.07. The SMILES string of the molecule is O=C1CCCC2=C1[C@H](c1ccco1)c1c(ncn3nc(-c4ccncc4)nc13)O2. The largest absolute Gasteiger partial charge is 0.468 e. The van der Waals surface area contributed by atoms with Crippen LogP contribution in [0.3, 0.4) is 0 Å². The van der Waals surface area contributed by atoms with Crippen LogP contribution in [0.1, 0.15) is 36.5 Å². The lowest BCUT2D eigenvalue weighted by Crippen LogP contribution is -2.26. The molecule has 0 saturated carbocycles. The maximum atomic E-state index is 12.9. The van der Waals surface area contributed by atoms with Gasteiger partial charge in [-0.25, -0.2) is 14.5 Å². The first-order valence-corrected chi connectivity index (χ1v) is 9.43. The number of ether oxygens (including phenoxy) is 1. The highest BCUT2D eigenvalue weighted by molar-refractivity contribution is 5.99. The summed E-state index contributed by atoms with van der Waals surface area (Å²) in [5, 5.41) is 4.56. The minimum atomic E-state index is -0.415. The fourth-order valence-electron chi connectivity index (χ4n) is 4.08. The first-order valence-electron chi connectivity index (χ1n) is 9.43. The lowest BCUT2D eigenvalue weighted by atomic mass is 9.80. The van der Waals surface area contributed by atoms with Crippen LogP contribution in [-0.4, -0.2) is 30.3 Å². The normalized spacial score (nSPS) is 18.5. The molecule has 142 valence electrons. The number of fused-ring (bicyclic) bond motifs is 3. The smallest absolute Gasteiger partial charge is 0.228 e. The molecular weight excluding hydrogens is 370 g/mol. The highest BCUT2D eigenvalue weighted by Gasteiger charge is 2.40. The minimum Gasteiger partial charge on any atom is -0.468 e. The van der Waals surface area contributed by atoms with E-state index in [1.165, 1.54) is 0 Å². The lowest BCUT2D eigenvalue weighted by molar-refractivity contribution is -0.116. The van der Waals surface area contributed by atoms with Crippen molar-refractivity contribution in [3.63, 3.8) is 0 Å². The van der Waals surface area contributed by atoms with Gasteiger partial charge in [0.2, 0.25) is 5.88 Å². The van der Waals surface area contributed by atoms with Gasteiger partial charge in [0.15, 0.2) is 17.3 Å². The summed E-state index contributed by atoms with van der Waals surface area (Å²) >= 11 is 0. The van der Waals surface area contributed by atoms with Crippen LogP contribution < -0.4 is 4.74 Å². The van der Waals surface area contributed by atoms with Gasteiger partial charge in [0.05, 0.1) is 17.7 Å². The molecule has 0 amide bonds.